The van der Waals surface area contributed by atoms with Crippen LogP contribution < -0.4 is 5.32 Å². The van der Waals surface area contributed by atoms with Gasteiger partial charge in [-0.3, -0.25) is 4.79 Å². The predicted octanol–water partition coefficient (Wildman–Crippen LogP) is 2.34. The minimum Gasteiger partial charge on any atom is -0.349 e. The van der Waals surface area contributed by atoms with Crippen LogP contribution in [0.3, 0.4) is 0 Å². The van der Waals surface area contributed by atoms with Crippen LogP contribution in [-0.4, -0.2) is 41.1 Å². The van der Waals surface area contributed by atoms with E-state index in [9.17, 15) is 4.79 Å². The summed E-state index contributed by atoms with van der Waals surface area (Å²) in [7, 11) is 0. The molecule has 1 aromatic rings. The molecule has 1 aliphatic rings. The van der Waals surface area contributed by atoms with Gasteiger partial charge in [0.15, 0.2) is 0 Å². The zero-order chi connectivity index (χ0) is 14.7. The summed E-state index contributed by atoms with van der Waals surface area (Å²) in [5.74, 6) is 0.202. The highest BCUT2D eigenvalue weighted by Crippen LogP contribution is 2.20. The van der Waals surface area contributed by atoms with Crippen molar-refractivity contribution < 1.29 is 4.79 Å². The number of carbonyl (C=O) groups is 1. The first-order valence-corrected chi connectivity index (χ1v) is 7.78. The van der Waals surface area contributed by atoms with Gasteiger partial charge in [0.25, 0.3) is 5.91 Å². The molecule has 0 aromatic carbocycles. The van der Waals surface area contributed by atoms with Crippen molar-refractivity contribution in [3.63, 3.8) is 0 Å². The molecule has 4 heteroatoms. The van der Waals surface area contributed by atoms with Gasteiger partial charge in [-0.15, -0.1) is 0 Å². The molecule has 2 rings (SSSR count). The van der Waals surface area contributed by atoms with Crippen LogP contribution in [0.25, 0.3) is 0 Å². The summed E-state index contributed by atoms with van der Waals surface area (Å²) >= 11 is 0. The molecule has 1 fully saturated rings. The number of nitrogens with zero attached hydrogens (tertiary/aromatic N) is 2. The Bertz CT molecular complexity index is 472. The van der Waals surface area contributed by atoms with Crippen LogP contribution in [-0.2, 0) is 6.54 Å². The standard InChI is InChI=1S/C16H27N3O/c1-5-9-19(14-7-8-17-11-14)16(20)15-10-12(3)18(6-2)13(15)4/h10,14,17H,5-9,11H2,1-4H3. The zero-order valence-corrected chi connectivity index (χ0v) is 13.2. The van der Waals surface area contributed by atoms with Crippen LogP contribution in [0.2, 0.25) is 0 Å². The molecule has 1 amide bonds. The molecule has 20 heavy (non-hydrogen) atoms. The lowest BCUT2D eigenvalue weighted by Crippen LogP contribution is -2.42. The number of hydrogen-bond acceptors (Lipinski definition) is 2. The van der Waals surface area contributed by atoms with E-state index in [0.717, 1.165) is 50.3 Å². The summed E-state index contributed by atoms with van der Waals surface area (Å²) in [6.07, 6.45) is 2.08. The van der Waals surface area contributed by atoms with Gasteiger partial charge in [0.1, 0.15) is 0 Å². The molecule has 1 aliphatic heterocycles. The minimum absolute atomic E-state index is 0.202. The molecule has 1 aromatic heterocycles. The maximum absolute atomic E-state index is 12.9. The molecule has 0 aliphatic carbocycles. The van der Waals surface area contributed by atoms with Gasteiger partial charge in [-0.2, -0.15) is 0 Å². The maximum atomic E-state index is 12.9. The SMILES string of the molecule is CCCN(C(=O)c1cc(C)n(CC)c1C)C1CCNC1. The molecule has 0 saturated carbocycles. The Hall–Kier alpha value is -1.29. The molecular weight excluding hydrogens is 250 g/mol. The Morgan fingerprint density at radius 2 is 2.20 bits per heavy atom. The van der Waals surface area contributed by atoms with Crippen molar-refractivity contribution in [2.45, 2.75) is 53.1 Å². The van der Waals surface area contributed by atoms with Gasteiger partial charge in [0.2, 0.25) is 0 Å². The van der Waals surface area contributed by atoms with Crippen LogP contribution in [0.4, 0.5) is 0 Å². The molecule has 0 spiro atoms. The lowest BCUT2D eigenvalue weighted by molar-refractivity contribution is 0.0691. The predicted molar refractivity (Wildman–Crippen MR) is 82.2 cm³/mol. The summed E-state index contributed by atoms with van der Waals surface area (Å²) in [5, 5.41) is 3.36. The van der Waals surface area contributed by atoms with Gasteiger partial charge in [-0.05, 0) is 46.2 Å². The van der Waals surface area contributed by atoms with Crippen molar-refractivity contribution in [3.05, 3.63) is 23.0 Å². The van der Waals surface area contributed by atoms with Crippen LogP contribution >= 0.6 is 0 Å². The third-order valence-corrected chi connectivity index (χ3v) is 4.32. The second-order valence-corrected chi connectivity index (χ2v) is 5.67. The van der Waals surface area contributed by atoms with Gasteiger partial charge in [-0.25, -0.2) is 0 Å². The van der Waals surface area contributed by atoms with Crippen LogP contribution in [0.5, 0.6) is 0 Å². The number of aromatic nitrogens is 1. The summed E-state index contributed by atoms with van der Waals surface area (Å²) in [6, 6.07) is 2.40. The fourth-order valence-electron chi connectivity index (χ4n) is 3.26. The quantitative estimate of drug-likeness (QED) is 0.897. The van der Waals surface area contributed by atoms with Gasteiger partial charge in [0, 0.05) is 37.1 Å². The molecule has 1 N–H and O–H groups in total. The fraction of sp³-hybridized carbons (Fsp3) is 0.688. The monoisotopic (exact) mass is 277 g/mol. The van der Waals surface area contributed by atoms with E-state index in [1.54, 1.807) is 0 Å². The second kappa shape index (κ2) is 6.44. The van der Waals surface area contributed by atoms with Crippen molar-refractivity contribution in [1.82, 2.24) is 14.8 Å². The molecule has 1 atom stereocenters. The van der Waals surface area contributed by atoms with E-state index in [1.807, 2.05) is 6.07 Å². The third-order valence-electron chi connectivity index (χ3n) is 4.32. The van der Waals surface area contributed by atoms with Crippen molar-refractivity contribution in [2.24, 2.45) is 0 Å². The molecule has 2 heterocycles. The maximum Gasteiger partial charge on any atom is 0.255 e. The van der Waals surface area contributed by atoms with E-state index in [4.69, 9.17) is 0 Å². The summed E-state index contributed by atoms with van der Waals surface area (Å²) in [6.45, 7) is 12.1. The van der Waals surface area contributed by atoms with Crippen LogP contribution in [0.15, 0.2) is 6.07 Å². The van der Waals surface area contributed by atoms with E-state index in [0.29, 0.717) is 6.04 Å². The molecule has 0 bridgehead atoms. The highest BCUT2D eigenvalue weighted by molar-refractivity contribution is 5.96. The first-order valence-electron chi connectivity index (χ1n) is 7.78. The Morgan fingerprint density at radius 1 is 1.45 bits per heavy atom. The number of rotatable bonds is 5. The second-order valence-electron chi connectivity index (χ2n) is 5.67. The van der Waals surface area contributed by atoms with Gasteiger partial charge >= 0.3 is 0 Å². The van der Waals surface area contributed by atoms with Gasteiger partial charge in [0.05, 0.1) is 5.56 Å². The largest absolute Gasteiger partial charge is 0.349 e. The molecule has 112 valence electrons. The highest BCUT2D eigenvalue weighted by atomic mass is 16.2. The third kappa shape index (κ3) is 2.75. The Morgan fingerprint density at radius 3 is 2.70 bits per heavy atom. The molecule has 0 radical (unpaired) electrons. The summed E-state index contributed by atoms with van der Waals surface area (Å²) in [5.41, 5.74) is 3.15. The van der Waals surface area contributed by atoms with Crippen molar-refractivity contribution in [2.75, 3.05) is 19.6 Å². The van der Waals surface area contributed by atoms with E-state index in [-0.39, 0.29) is 5.91 Å². The molecule has 1 unspecified atom stereocenters. The Balaban J connectivity index is 2.27. The first-order chi connectivity index (χ1) is 9.60. The Kier molecular flexibility index (Phi) is 4.86. The topological polar surface area (TPSA) is 37.3 Å². The smallest absolute Gasteiger partial charge is 0.255 e. The van der Waals surface area contributed by atoms with E-state index >= 15 is 0 Å². The number of carbonyl (C=O) groups excluding carboxylic acids is 1. The molecule has 1 saturated heterocycles. The molecule has 4 nitrogen and oxygen atoms in total. The van der Waals surface area contributed by atoms with Crippen molar-refractivity contribution >= 4 is 5.91 Å². The lowest BCUT2D eigenvalue weighted by Gasteiger charge is -2.28. The van der Waals surface area contributed by atoms with Crippen molar-refractivity contribution in [1.29, 1.82) is 0 Å². The minimum atomic E-state index is 0.202. The van der Waals surface area contributed by atoms with Crippen LogP contribution in [0.1, 0.15) is 48.4 Å². The number of amides is 1. The summed E-state index contributed by atoms with van der Waals surface area (Å²) in [4.78, 5) is 15.0. The van der Waals surface area contributed by atoms with Crippen molar-refractivity contribution in [3.8, 4) is 0 Å². The number of aryl methyl sites for hydroxylation is 1. The average molecular weight is 277 g/mol. The number of nitrogens with one attached hydrogen (secondary N) is 1. The highest BCUT2D eigenvalue weighted by Gasteiger charge is 2.28. The fourth-order valence-corrected chi connectivity index (χ4v) is 3.26. The van der Waals surface area contributed by atoms with E-state index < -0.39 is 0 Å². The van der Waals surface area contributed by atoms with Crippen LogP contribution in [0, 0.1) is 13.8 Å². The van der Waals surface area contributed by atoms with E-state index in [1.165, 1.54) is 5.69 Å². The first kappa shape index (κ1) is 15.1. The lowest BCUT2D eigenvalue weighted by atomic mass is 10.1. The van der Waals surface area contributed by atoms with E-state index in [2.05, 4.69) is 42.5 Å². The number of hydrogen-bond donors (Lipinski definition) is 1. The van der Waals surface area contributed by atoms with Gasteiger partial charge < -0.3 is 14.8 Å². The zero-order valence-electron chi connectivity index (χ0n) is 13.2. The molecular formula is C16H27N3O. The normalized spacial score (nSPS) is 18.5. The summed E-state index contributed by atoms with van der Waals surface area (Å²) < 4.78 is 2.21. The average Bonchev–Trinajstić information content (AvgIpc) is 3.04. The Labute approximate surface area is 122 Å². The van der Waals surface area contributed by atoms with Gasteiger partial charge in [-0.1, -0.05) is 6.92 Å².